The van der Waals surface area contributed by atoms with E-state index in [0.717, 1.165) is 5.92 Å². The third-order valence-corrected chi connectivity index (χ3v) is 2.64. The Hall–Kier alpha value is -0.0800. The maximum atomic E-state index is 3.30. The summed E-state index contributed by atoms with van der Waals surface area (Å²) in [5.41, 5.74) is 0. The molecule has 0 aromatic heterocycles. The van der Waals surface area contributed by atoms with Crippen LogP contribution < -0.4 is 5.32 Å². The van der Waals surface area contributed by atoms with Crippen molar-refractivity contribution >= 4 is 0 Å². The van der Waals surface area contributed by atoms with E-state index in [9.17, 15) is 0 Å². The first-order valence-corrected chi connectivity index (χ1v) is 4.61. The minimum Gasteiger partial charge on any atom is -0.316 e. The van der Waals surface area contributed by atoms with Crippen LogP contribution in [0.5, 0.6) is 0 Å². The van der Waals surface area contributed by atoms with Crippen molar-refractivity contribution in [1.29, 1.82) is 0 Å². The maximum absolute atomic E-state index is 3.30. The highest BCUT2D eigenvalue weighted by atomic mass is 15.1. The van der Waals surface area contributed by atoms with Crippen LogP contribution in [0.2, 0.25) is 0 Å². The molecule has 1 rings (SSSR count). The fraction of sp³-hybridized carbons (Fsp3) is 1.00. The SMILES string of the molecule is CC(C)N(C)CCC1CNC1. The number of nitrogens with one attached hydrogen (secondary N) is 1. The second-order valence-corrected chi connectivity index (χ2v) is 3.89. The van der Waals surface area contributed by atoms with Crippen molar-refractivity contribution in [1.82, 2.24) is 10.2 Å². The van der Waals surface area contributed by atoms with Crippen molar-refractivity contribution in [2.45, 2.75) is 26.3 Å². The Balaban J connectivity index is 2.01. The fourth-order valence-corrected chi connectivity index (χ4v) is 1.20. The minimum atomic E-state index is 0.697. The summed E-state index contributed by atoms with van der Waals surface area (Å²) in [4.78, 5) is 2.42. The third kappa shape index (κ3) is 2.80. The first-order valence-electron chi connectivity index (χ1n) is 4.61. The molecule has 11 heavy (non-hydrogen) atoms. The monoisotopic (exact) mass is 156 g/mol. The Labute approximate surface area is 70.0 Å². The molecule has 0 spiro atoms. The molecule has 0 aromatic carbocycles. The van der Waals surface area contributed by atoms with Crippen molar-refractivity contribution in [3.05, 3.63) is 0 Å². The van der Waals surface area contributed by atoms with Gasteiger partial charge < -0.3 is 10.2 Å². The van der Waals surface area contributed by atoms with Crippen molar-refractivity contribution in [3.63, 3.8) is 0 Å². The van der Waals surface area contributed by atoms with Gasteiger partial charge in [-0.15, -0.1) is 0 Å². The number of hydrogen-bond donors (Lipinski definition) is 1. The van der Waals surface area contributed by atoms with Gasteiger partial charge in [0.2, 0.25) is 0 Å². The molecule has 1 fully saturated rings. The number of nitrogens with zero attached hydrogens (tertiary/aromatic N) is 1. The zero-order valence-electron chi connectivity index (χ0n) is 7.93. The summed E-state index contributed by atoms with van der Waals surface area (Å²) < 4.78 is 0. The molecule has 1 N–H and O–H groups in total. The van der Waals surface area contributed by atoms with Crippen LogP contribution in [0.4, 0.5) is 0 Å². The fourth-order valence-electron chi connectivity index (χ4n) is 1.20. The zero-order chi connectivity index (χ0) is 8.27. The average Bonchev–Trinajstić information content (AvgIpc) is 1.83. The van der Waals surface area contributed by atoms with Gasteiger partial charge in [0.1, 0.15) is 0 Å². The molecule has 1 saturated heterocycles. The van der Waals surface area contributed by atoms with Crippen molar-refractivity contribution in [3.8, 4) is 0 Å². The second kappa shape index (κ2) is 4.07. The first-order chi connectivity index (χ1) is 5.20. The van der Waals surface area contributed by atoms with Gasteiger partial charge in [-0.1, -0.05) is 0 Å². The van der Waals surface area contributed by atoms with Crippen LogP contribution in [0.1, 0.15) is 20.3 Å². The molecular weight excluding hydrogens is 136 g/mol. The summed E-state index contributed by atoms with van der Waals surface area (Å²) in [6.45, 7) is 8.24. The van der Waals surface area contributed by atoms with Gasteiger partial charge in [0, 0.05) is 6.04 Å². The summed E-state index contributed by atoms with van der Waals surface area (Å²) in [6, 6.07) is 0.697. The van der Waals surface area contributed by atoms with Gasteiger partial charge in [-0.2, -0.15) is 0 Å². The molecule has 0 bridgehead atoms. The lowest BCUT2D eigenvalue weighted by Crippen LogP contribution is -2.43. The van der Waals surface area contributed by atoms with Crippen LogP contribution in [0.25, 0.3) is 0 Å². The Morgan fingerprint density at radius 1 is 1.45 bits per heavy atom. The Bertz CT molecular complexity index is 108. The lowest BCUT2D eigenvalue weighted by molar-refractivity contribution is 0.225. The molecule has 1 heterocycles. The molecule has 2 heteroatoms. The lowest BCUT2D eigenvalue weighted by atomic mass is 9.99. The molecule has 0 aromatic rings. The number of rotatable bonds is 4. The van der Waals surface area contributed by atoms with Crippen LogP contribution in [0.15, 0.2) is 0 Å². The molecule has 0 atom stereocenters. The van der Waals surface area contributed by atoms with E-state index in [-0.39, 0.29) is 0 Å². The van der Waals surface area contributed by atoms with Gasteiger partial charge in [0.15, 0.2) is 0 Å². The predicted octanol–water partition coefficient (Wildman–Crippen LogP) is 0.936. The summed E-state index contributed by atoms with van der Waals surface area (Å²) >= 11 is 0. The molecule has 0 amide bonds. The molecule has 0 aliphatic carbocycles. The van der Waals surface area contributed by atoms with Crippen LogP contribution in [-0.2, 0) is 0 Å². The molecule has 66 valence electrons. The van der Waals surface area contributed by atoms with Crippen molar-refractivity contribution < 1.29 is 0 Å². The van der Waals surface area contributed by atoms with Crippen molar-refractivity contribution in [2.24, 2.45) is 5.92 Å². The summed E-state index contributed by atoms with van der Waals surface area (Å²) in [5.74, 6) is 0.955. The molecule has 1 aliphatic heterocycles. The molecule has 0 radical (unpaired) electrons. The molecule has 0 saturated carbocycles. The zero-order valence-corrected chi connectivity index (χ0v) is 7.93. The van der Waals surface area contributed by atoms with Crippen LogP contribution in [0, 0.1) is 5.92 Å². The minimum absolute atomic E-state index is 0.697. The predicted molar refractivity (Wildman–Crippen MR) is 48.7 cm³/mol. The smallest absolute Gasteiger partial charge is 0.00355 e. The van der Waals surface area contributed by atoms with E-state index in [1.165, 1.54) is 26.1 Å². The van der Waals surface area contributed by atoms with Crippen LogP contribution >= 0.6 is 0 Å². The third-order valence-electron chi connectivity index (χ3n) is 2.64. The van der Waals surface area contributed by atoms with E-state index in [1.54, 1.807) is 0 Å². The van der Waals surface area contributed by atoms with Crippen LogP contribution in [-0.4, -0.2) is 37.6 Å². The quantitative estimate of drug-likeness (QED) is 0.651. The highest BCUT2D eigenvalue weighted by molar-refractivity contribution is 4.75. The summed E-state index contributed by atoms with van der Waals surface area (Å²) in [6.07, 6.45) is 1.36. The first kappa shape index (κ1) is 9.01. The molecule has 2 nitrogen and oxygen atoms in total. The highest BCUT2D eigenvalue weighted by Gasteiger charge is 2.16. The van der Waals surface area contributed by atoms with Gasteiger partial charge in [-0.25, -0.2) is 0 Å². The van der Waals surface area contributed by atoms with Gasteiger partial charge in [-0.05, 0) is 52.9 Å². The van der Waals surface area contributed by atoms with E-state index in [1.807, 2.05) is 0 Å². The van der Waals surface area contributed by atoms with Crippen molar-refractivity contribution in [2.75, 3.05) is 26.7 Å². The Kier molecular flexibility index (Phi) is 3.34. The van der Waals surface area contributed by atoms with E-state index in [4.69, 9.17) is 0 Å². The summed E-state index contributed by atoms with van der Waals surface area (Å²) in [5, 5.41) is 3.30. The summed E-state index contributed by atoms with van der Waals surface area (Å²) in [7, 11) is 2.21. The topological polar surface area (TPSA) is 15.3 Å². The molecular formula is C9H20N2. The Morgan fingerprint density at radius 2 is 2.09 bits per heavy atom. The largest absolute Gasteiger partial charge is 0.316 e. The second-order valence-electron chi connectivity index (χ2n) is 3.89. The molecule has 1 aliphatic rings. The average molecular weight is 156 g/mol. The molecule has 0 unspecified atom stereocenters. The van der Waals surface area contributed by atoms with E-state index in [0.29, 0.717) is 6.04 Å². The van der Waals surface area contributed by atoms with Crippen LogP contribution in [0.3, 0.4) is 0 Å². The Morgan fingerprint density at radius 3 is 2.45 bits per heavy atom. The van der Waals surface area contributed by atoms with Gasteiger partial charge in [0.05, 0.1) is 0 Å². The standard InChI is InChI=1S/C9H20N2/c1-8(2)11(3)5-4-9-6-10-7-9/h8-10H,4-7H2,1-3H3. The van der Waals surface area contributed by atoms with Gasteiger partial charge >= 0.3 is 0 Å². The number of hydrogen-bond acceptors (Lipinski definition) is 2. The van der Waals surface area contributed by atoms with Gasteiger partial charge in [0.25, 0.3) is 0 Å². The van der Waals surface area contributed by atoms with E-state index in [2.05, 4.69) is 31.1 Å². The van der Waals surface area contributed by atoms with Gasteiger partial charge in [-0.3, -0.25) is 0 Å². The van der Waals surface area contributed by atoms with E-state index < -0.39 is 0 Å². The lowest BCUT2D eigenvalue weighted by Gasteiger charge is -2.30. The highest BCUT2D eigenvalue weighted by Crippen LogP contribution is 2.09. The normalized spacial score (nSPS) is 19.4. The maximum Gasteiger partial charge on any atom is 0.00355 e. The van der Waals surface area contributed by atoms with E-state index >= 15 is 0 Å².